The Morgan fingerprint density at radius 3 is 2.61 bits per heavy atom. The monoisotopic (exact) mass is 505 g/mol. The Morgan fingerprint density at radius 1 is 1.28 bits per heavy atom. The fourth-order valence-corrected chi connectivity index (χ4v) is 4.76. The molecule has 1 aliphatic heterocycles. The van der Waals surface area contributed by atoms with Crippen LogP contribution in [0.4, 0.5) is 16.6 Å². The minimum atomic E-state index is 0.0241. The van der Waals surface area contributed by atoms with Gasteiger partial charge in [-0.15, -0.1) is 0 Å². The molecule has 2 aromatic heterocycles. The first-order chi connectivity index (χ1) is 17.4. The molecular formula is C27H35N7OS. The average molecular weight is 506 g/mol. The van der Waals surface area contributed by atoms with Crippen molar-refractivity contribution >= 4 is 34.1 Å². The van der Waals surface area contributed by atoms with Crippen LogP contribution in [0.3, 0.4) is 0 Å². The summed E-state index contributed by atoms with van der Waals surface area (Å²) in [6.45, 7) is 11.7. The normalized spacial score (nSPS) is 15.1. The molecule has 3 heterocycles. The van der Waals surface area contributed by atoms with Crippen LogP contribution in [0.25, 0.3) is 0 Å². The van der Waals surface area contributed by atoms with Gasteiger partial charge in [-0.25, -0.2) is 9.97 Å². The number of nitrogens with zero attached hydrogens (tertiary/aromatic N) is 6. The minimum absolute atomic E-state index is 0.0241. The van der Waals surface area contributed by atoms with Gasteiger partial charge < -0.3 is 15.1 Å². The van der Waals surface area contributed by atoms with Gasteiger partial charge in [0, 0.05) is 31.7 Å². The quantitative estimate of drug-likeness (QED) is 0.456. The van der Waals surface area contributed by atoms with E-state index in [-0.39, 0.29) is 17.6 Å². The van der Waals surface area contributed by atoms with Crippen molar-refractivity contribution in [1.29, 1.82) is 5.26 Å². The van der Waals surface area contributed by atoms with Gasteiger partial charge in [0.05, 0.1) is 11.9 Å². The number of benzene rings is 1. The van der Waals surface area contributed by atoms with Crippen LogP contribution >= 0.6 is 11.5 Å². The van der Waals surface area contributed by atoms with E-state index >= 15 is 0 Å². The third kappa shape index (κ3) is 6.38. The molecule has 3 aromatic rings. The van der Waals surface area contributed by atoms with Crippen molar-refractivity contribution in [3.8, 4) is 6.07 Å². The zero-order valence-electron chi connectivity index (χ0n) is 21.9. The van der Waals surface area contributed by atoms with Crippen LogP contribution in [0.15, 0.2) is 36.5 Å². The molecule has 1 N–H and O–H groups in total. The SMILES string of the molecule is CC.Cc1cc(Nc2nc(N3CCC[C@@H](N(C)C(=O)c4ccc(C(C)C)cc4)C3)cnc2C#N)sn1. The number of likely N-dealkylation sites (N-methyl/N-ethyl adjacent to an activating group) is 1. The summed E-state index contributed by atoms with van der Waals surface area (Å²) in [4.78, 5) is 26.1. The van der Waals surface area contributed by atoms with Gasteiger partial charge in [-0.3, -0.25) is 4.79 Å². The number of piperidine rings is 1. The minimum Gasteiger partial charge on any atom is -0.353 e. The average Bonchev–Trinajstić information content (AvgIpc) is 3.33. The molecule has 0 aliphatic carbocycles. The Balaban J connectivity index is 0.00000176. The van der Waals surface area contributed by atoms with Crippen LogP contribution in [0.2, 0.25) is 0 Å². The van der Waals surface area contributed by atoms with Gasteiger partial charge in [0.1, 0.15) is 16.9 Å². The predicted octanol–water partition coefficient (Wildman–Crippen LogP) is 5.75. The third-order valence-electron chi connectivity index (χ3n) is 6.15. The standard InChI is InChI=1S/C25H29N7OS.C2H6/c1-16(2)18-7-9-19(10-8-18)25(33)31(4)20-6-5-11-32(15-20)22-14-27-21(13-26)24(28-22)29-23-12-17(3)30-34-23;1-2/h7-10,12,14,16,20H,5-6,11,15H2,1-4H3,(H,28,29);1-2H3/t20-;/m1./s1. The van der Waals surface area contributed by atoms with E-state index in [9.17, 15) is 10.1 Å². The Bertz CT molecular complexity index is 1200. The summed E-state index contributed by atoms with van der Waals surface area (Å²) in [5, 5.41) is 13.5. The highest BCUT2D eigenvalue weighted by atomic mass is 32.1. The fraction of sp³-hybridized carbons (Fsp3) is 0.444. The number of aromatic nitrogens is 3. The van der Waals surface area contributed by atoms with Gasteiger partial charge in [0.25, 0.3) is 5.91 Å². The number of carbonyl (C=O) groups is 1. The molecule has 0 spiro atoms. The zero-order chi connectivity index (χ0) is 26.2. The molecule has 0 unspecified atom stereocenters. The number of rotatable bonds is 6. The lowest BCUT2D eigenvalue weighted by Gasteiger charge is -2.38. The summed E-state index contributed by atoms with van der Waals surface area (Å²) in [7, 11) is 1.87. The molecule has 0 saturated carbocycles. The molecule has 1 aromatic carbocycles. The van der Waals surface area contributed by atoms with E-state index in [0.29, 0.717) is 29.7 Å². The van der Waals surface area contributed by atoms with Crippen LogP contribution in [0.1, 0.15) is 73.8 Å². The highest BCUT2D eigenvalue weighted by molar-refractivity contribution is 7.10. The van der Waals surface area contributed by atoms with Crippen LogP contribution in [-0.2, 0) is 0 Å². The summed E-state index contributed by atoms with van der Waals surface area (Å²) in [6.07, 6.45) is 3.50. The summed E-state index contributed by atoms with van der Waals surface area (Å²) in [5.74, 6) is 1.56. The maximum Gasteiger partial charge on any atom is 0.253 e. The lowest BCUT2D eigenvalue weighted by atomic mass is 10.0. The Hall–Kier alpha value is -3.51. The van der Waals surface area contributed by atoms with Crippen LogP contribution in [-0.4, -0.2) is 51.3 Å². The largest absolute Gasteiger partial charge is 0.353 e. The second-order valence-corrected chi connectivity index (χ2v) is 9.73. The van der Waals surface area contributed by atoms with Crippen LogP contribution < -0.4 is 10.2 Å². The number of hydrogen-bond donors (Lipinski definition) is 1. The molecule has 190 valence electrons. The fourth-order valence-electron chi connectivity index (χ4n) is 4.10. The highest BCUT2D eigenvalue weighted by Crippen LogP contribution is 2.26. The molecule has 4 rings (SSSR count). The number of carbonyl (C=O) groups excluding carboxylic acids is 1. The summed E-state index contributed by atoms with van der Waals surface area (Å²) in [6, 6.07) is 12.0. The Morgan fingerprint density at radius 2 is 2.00 bits per heavy atom. The van der Waals surface area contributed by atoms with Gasteiger partial charge in [-0.05, 0) is 61.0 Å². The molecule has 36 heavy (non-hydrogen) atoms. The molecular weight excluding hydrogens is 470 g/mol. The molecule has 8 nitrogen and oxygen atoms in total. The van der Waals surface area contributed by atoms with Crippen molar-refractivity contribution in [3.63, 3.8) is 0 Å². The molecule has 1 aliphatic rings. The molecule has 1 amide bonds. The number of amides is 1. The van der Waals surface area contributed by atoms with E-state index in [0.717, 1.165) is 30.1 Å². The number of hydrogen-bond acceptors (Lipinski definition) is 8. The number of anilines is 3. The lowest BCUT2D eigenvalue weighted by Crippen LogP contribution is -2.49. The first-order valence-corrected chi connectivity index (χ1v) is 13.2. The second-order valence-electron chi connectivity index (χ2n) is 8.93. The van der Waals surface area contributed by atoms with E-state index in [4.69, 9.17) is 4.98 Å². The van der Waals surface area contributed by atoms with Crippen molar-refractivity contribution in [3.05, 3.63) is 59.0 Å². The van der Waals surface area contributed by atoms with Crippen molar-refractivity contribution in [2.24, 2.45) is 0 Å². The first kappa shape index (κ1) is 27.1. The number of aryl methyl sites for hydroxylation is 1. The van der Waals surface area contributed by atoms with Crippen molar-refractivity contribution < 1.29 is 4.79 Å². The van der Waals surface area contributed by atoms with Gasteiger partial charge >= 0.3 is 0 Å². The first-order valence-electron chi connectivity index (χ1n) is 12.4. The maximum absolute atomic E-state index is 13.1. The van der Waals surface area contributed by atoms with Gasteiger partial charge in [0.15, 0.2) is 11.5 Å². The molecule has 1 fully saturated rings. The van der Waals surface area contributed by atoms with Crippen molar-refractivity contribution in [2.75, 3.05) is 30.4 Å². The summed E-state index contributed by atoms with van der Waals surface area (Å²) < 4.78 is 4.26. The van der Waals surface area contributed by atoms with Gasteiger partial charge in [-0.1, -0.05) is 39.8 Å². The van der Waals surface area contributed by atoms with Crippen LogP contribution in [0, 0.1) is 18.3 Å². The van der Waals surface area contributed by atoms with E-state index in [1.165, 1.54) is 17.1 Å². The molecule has 9 heteroatoms. The lowest BCUT2D eigenvalue weighted by molar-refractivity contribution is 0.0717. The number of nitrogens with one attached hydrogen (secondary N) is 1. The van der Waals surface area contributed by atoms with Gasteiger partial charge in [0.2, 0.25) is 0 Å². The predicted molar refractivity (Wildman–Crippen MR) is 146 cm³/mol. The Labute approximate surface area is 218 Å². The van der Waals surface area contributed by atoms with Crippen LogP contribution in [0.5, 0.6) is 0 Å². The van der Waals surface area contributed by atoms with Crippen molar-refractivity contribution in [1.82, 2.24) is 19.2 Å². The smallest absolute Gasteiger partial charge is 0.253 e. The van der Waals surface area contributed by atoms with Crippen molar-refractivity contribution in [2.45, 2.75) is 59.4 Å². The topological polar surface area (TPSA) is 98.0 Å². The molecule has 0 radical (unpaired) electrons. The summed E-state index contributed by atoms with van der Waals surface area (Å²) >= 11 is 1.32. The number of nitriles is 1. The third-order valence-corrected chi connectivity index (χ3v) is 6.94. The summed E-state index contributed by atoms with van der Waals surface area (Å²) in [5.41, 5.74) is 3.06. The van der Waals surface area contributed by atoms with Gasteiger partial charge in [-0.2, -0.15) is 9.64 Å². The van der Waals surface area contributed by atoms with E-state index in [1.54, 1.807) is 6.20 Å². The zero-order valence-corrected chi connectivity index (χ0v) is 22.8. The van der Waals surface area contributed by atoms with E-state index in [1.807, 2.05) is 63.1 Å². The van der Waals surface area contributed by atoms with E-state index in [2.05, 4.69) is 39.5 Å². The molecule has 1 atom stereocenters. The highest BCUT2D eigenvalue weighted by Gasteiger charge is 2.28. The maximum atomic E-state index is 13.1. The second kappa shape index (κ2) is 12.5. The Kier molecular flexibility index (Phi) is 9.37. The molecule has 1 saturated heterocycles. The molecule has 0 bridgehead atoms. The van der Waals surface area contributed by atoms with E-state index < -0.39 is 0 Å².